The summed E-state index contributed by atoms with van der Waals surface area (Å²) in [6, 6.07) is 13.6. The smallest absolute Gasteiger partial charge is 0.387 e. The number of hydrogen-bond acceptors (Lipinski definition) is 2. The highest BCUT2D eigenvalue weighted by molar-refractivity contribution is 6.22. The second-order valence-electron chi connectivity index (χ2n) is 4.08. The maximum atomic E-state index is 12.1. The summed E-state index contributed by atoms with van der Waals surface area (Å²) >= 11 is 6.36. The van der Waals surface area contributed by atoms with E-state index in [1.807, 2.05) is 24.3 Å². The van der Waals surface area contributed by atoms with Crippen molar-refractivity contribution in [3.63, 3.8) is 0 Å². The van der Waals surface area contributed by atoms with Crippen LogP contribution >= 0.6 is 11.6 Å². The van der Waals surface area contributed by atoms with Gasteiger partial charge in [0.2, 0.25) is 0 Å². The van der Waals surface area contributed by atoms with Crippen LogP contribution in [-0.2, 0) is 0 Å². The number of methoxy groups -OCH3 is 1. The highest BCUT2D eigenvalue weighted by atomic mass is 35.5. The molecule has 2 aromatic rings. The summed E-state index contributed by atoms with van der Waals surface area (Å²) in [5, 5.41) is -0.360. The normalized spacial score (nSPS) is 12.2. The Balaban J connectivity index is 2.13. The molecule has 0 radical (unpaired) electrons. The minimum absolute atomic E-state index is 0.113. The van der Waals surface area contributed by atoms with E-state index >= 15 is 0 Å². The van der Waals surface area contributed by atoms with Gasteiger partial charge in [0.1, 0.15) is 11.5 Å². The standard InChI is InChI=1S/C15H13ClF2O2/c1-19-12-6-2-10(3-7-12)14(16)11-4-8-13(9-5-11)20-15(17)18/h2-9,14-15H,1H3. The number of rotatable bonds is 5. The zero-order valence-electron chi connectivity index (χ0n) is 10.7. The number of ether oxygens (including phenoxy) is 2. The molecule has 0 saturated heterocycles. The third kappa shape index (κ3) is 3.61. The lowest BCUT2D eigenvalue weighted by Crippen LogP contribution is -2.02. The third-order valence-corrected chi connectivity index (χ3v) is 3.31. The molecule has 0 saturated carbocycles. The van der Waals surface area contributed by atoms with Crippen molar-refractivity contribution in [2.45, 2.75) is 12.0 Å². The molecule has 2 aromatic carbocycles. The molecule has 0 bridgehead atoms. The molecule has 2 nitrogen and oxygen atoms in total. The van der Waals surface area contributed by atoms with Crippen molar-refractivity contribution >= 4 is 11.6 Å². The summed E-state index contributed by atoms with van der Waals surface area (Å²) in [5.74, 6) is 0.862. The Kier molecular flexibility index (Phi) is 4.79. The molecule has 1 atom stereocenters. The lowest BCUT2D eigenvalue weighted by molar-refractivity contribution is -0.0498. The minimum Gasteiger partial charge on any atom is -0.497 e. The predicted octanol–water partition coefficient (Wildman–Crippen LogP) is 4.62. The summed E-state index contributed by atoms with van der Waals surface area (Å²) in [4.78, 5) is 0. The number of benzene rings is 2. The number of halogens is 3. The Hall–Kier alpha value is -1.81. The Bertz CT molecular complexity index is 541. The van der Waals surface area contributed by atoms with Crippen LogP contribution in [0.1, 0.15) is 16.5 Å². The summed E-state index contributed by atoms with van der Waals surface area (Å²) < 4.78 is 33.5. The molecule has 0 aliphatic heterocycles. The SMILES string of the molecule is COc1ccc(C(Cl)c2ccc(OC(F)F)cc2)cc1. The van der Waals surface area contributed by atoms with E-state index in [0.29, 0.717) is 0 Å². The van der Waals surface area contributed by atoms with Crippen LogP contribution in [0.5, 0.6) is 11.5 Å². The Labute approximate surface area is 120 Å². The highest BCUT2D eigenvalue weighted by Crippen LogP contribution is 2.31. The van der Waals surface area contributed by atoms with E-state index in [2.05, 4.69) is 4.74 Å². The van der Waals surface area contributed by atoms with Gasteiger partial charge in [-0.2, -0.15) is 8.78 Å². The molecule has 0 N–H and O–H groups in total. The summed E-state index contributed by atoms with van der Waals surface area (Å²) in [6.07, 6.45) is 0. The number of hydrogen-bond donors (Lipinski definition) is 0. The van der Waals surface area contributed by atoms with E-state index in [1.165, 1.54) is 12.1 Å². The first-order valence-electron chi connectivity index (χ1n) is 5.93. The van der Waals surface area contributed by atoms with Crippen molar-refractivity contribution in [1.29, 1.82) is 0 Å². The molecular formula is C15H13ClF2O2. The lowest BCUT2D eigenvalue weighted by atomic mass is 10.0. The van der Waals surface area contributed by atoms with Crippen LogP contribution < -0.4 is 9.47 Å². The molecule has 0 fully saturated rings. The van der Waals surface area contributed by atoms with Crippen LogP contribution in [0.3, 0.4) is 0 Å². The lowest BCUT2D eigenvalue weighted by Gasteiger charge is -2.12. The van der Waals surface area contributed by atoms with Crippen LogP contribution in [-0.4, -0.2) is 13.7 Å². The van der Waals surface area contributed by atoms with Crippen molar-refractivity contribution in [2.75, 3.05) is 7.11 Å². The van der Waals surface area contributed by atoms with E-state index in [4.69, 9.17) is 16.3 Å². The molecule has 0 aromatic heterocycles. The van der Waals surface area contributed by atoms with E-state index < -0.39 is 6.61 Å². The second-order valence-corrected chi connectivity index (χ2v) is 4.52. The van der Waals surface area contributed by atoms with Crippen LogP contribution in [0, 0.1) is 0 Å². The summed E-state index contributed by atoms with van der Waals surface area (Å²) in [7, 11) is 1.59. The fourth-order valence-corrected chi connectivity index (χ4v) is 2.07. The van der Waals surface area contributed by atoms with Gasteiger partial charge >= 0.3 is 6.61 Å². The molecule has 20 heavy (non-hydrogen) atoms. The Morgan fingerprint density at radius 3 is 1.70 bits per heavy atom. The highest BCUT2D eigenvalue weighted by Gasteiger charge is 2.11. The molecule has 106 valence electrons. The fourth-order valence-electron chi connectivity index (χ4n) is 1.78. The molecular weight excluding hydrogens is 286 g/mol. The van der Waals surface area contributed by atoms with Crippen molar-refractivity contribution in [3.8, 4) is 11.5 Å². The van der Waals surface area contributed by atoms with Gasteiger partial charge in [-0.3, -0.25) is 0 Å². The van der Waals surface area contributed by atoms with Gasteiger partial charge in [0.15, 0.2) is 0 Å². The monoisotopic (exact) mass is 298 g/mol. The first kappa shape index (κ1) is 14.6. The van der Waals surface area contributed by atoms with Crippen LogP contribution in [0.2, 0.25) is 0 Å². The van der Waals surface area contributed by atoms with Crippen molar-refractivity contribution in [2.24, 2.45) is 0 Å². The van der Waals surface area contributed by atoms with E-state index in [9.17, 15) is 8.78 Å². The van der Waals surface area contributed by atoms with Gasteiger partial charge in [0, 0.05) is 0 Å². The van der Waals surface area contributed by atoms with Crippen LogP contribution in [0.4, 0.5) is 8.78 Å². The van der Waals surface area contributed by atoms with Gasteiger partial charge in [-0.05, 0) is 35.4 Å². The van der Waals surface area contributed by atoms with Gasteiger partial charge in [0.05, 0.1) is 12.5 Å². The molecule has 2 rings (SSSR count). The fraction of sp³-hybridized carbons (Fsp3) is 0.200. The quantitative estimate of drug-likeness (QED) is 0.750. The topological polar surface area (TPSA) is 18.5 Å². The predicted molar refractivity (Wildman–Crippen MR) is 73.8 cm³/mol. The minimum atomic E-state index is -2.82. The first-order chi connectivity index (χ1) is 9.60. The van der Waals surface area contributed by atoms with Gasteiger partial charge in [-0.25, -0.2) is 0 Å². The van der Waals surface area contributed by atoms with Crippen molar-refractivity contribution in [1.82, 2.24) is 0 Å². The Morgan fingerprint density at radius 1 is 0.850 bits per heavy atom. The third-order valence-electron chi connectivity index (χ3n) is 2.81. The molecule has 1 unspecified atom stereocenters. The molecule has 0 spiro atoms. The largest absolute Gasteiger partial charge is 0.497 e. The Morgan fingerprint density at radius 2 is 1.30 bits per heavy atom. The van der Waals surface area contributed by atoms with Gasteiger partial charge in [0.25, 0.3) is 0 Å². The molecule has 0 aliphatic carbocycles. The average molecular weight is 299 g/mol. The van der Waals surface area contributed by atoms with E-state index in [0.717, 1.165) is 16.9 Å². The van der Waals surface area contributed by atoms with Crippen LogP contribution in [0.25, 0.3) is 0 Å². The summed E-state index contributed by atoms with van der Waals surface area (Å²) in [5.41, 5.74) is 1.70. The average Bonchev–Trinajstić information content (AvgIpc) is 2.47. The van der Waals surface area contributed by atoms with Crippen LogP contribution in [0.15, 0.2) is 48.5 Å². The van der Waals surface area contributed by atoms with Gasteiger partial charge in [-0.1, -0.05) is 24.3 Å². The van der Waals surface area contributed by atoms with Crippen molar-refractivity contribution in [3.05, 3.63) is 59.7 Å². The summed E-state index contributed by atoms with van der Waals surface area (Å²) in [6.45, 7) is -2.82. The molecule has 0 aliphatic rings. The zero-order chi connectivity index (χ0) is 14.5. The first-order valence-corrected chi connectivity index (χ1v) is 6.36. The maximum Gasteiger partial charge on any atom is 0.387 e. The molecule has 0 amide bonds. The second kappa shape index (κ2) is 6.57. The van der Waals surface area contributed by atoms with E-state index in [1.54, 1.807) is 19.2 Å². The van der Waals surface area contributed by atoms with E-state index in [-0.39, 0.29) is 11.1 Å². The molecule has 0 heterocycles. The van der Waals surface area contributed by atoms with Gasteiger partial charge < -0.3 is 9.47 Å². The maximum absolute atomic E-state index is 12.1. The van der Waals surface area contributed by atoms with Crippen molar-refractivity contribution < 1.29 is 18.3 Å². The zero-order valence-corrected chi connectivity index (χ0v) is 11.5. The number of alkyl halides is 3. The van der Waals surface area contributed by atoms with Gasteiger partial charge in [-0.15, -0.1) is 11.6 Å². The molecule has 5 heteroatoms.